The van der Waals surface area contributed by atoms with Crippen molar-refractivity contribution < 1.29 is 169 Å². The van der Waals surface area contributed by atoms with Gasteiger partial charge in [-0.1, -0.05) is 18.2 Å². The number of alkyl halides is 21. The highest BCUT2D eigenvalue weighted by Crippen LogP contribution is 2.56. The summed E-state index contributed by atoms with van der Waals surface area (Å²) in [7, 11) is -33.7. The first-order valence-corrected chi connectivity index (χ1v) is 30.2. The maximum Gasteiger partial charge on any atom is 0.601 e. The van der Waals surface area contributed by atoms with E-state index in [0.717, 1.165) is 91.0 Å². The minimum absolute atomic E-state index is 0.00509. The number of thiophene rings is 2. The van der Waals surface area contributed by atoms with E-state index >= 15 is 0 Å². The number of hydrogen-bond acceptors (Lipinski definition) is 12. The number of rotatable bonds is 4. The zero-order valence-electron chi connectivity index (χ0n) is 40.9. The van der Waals surface area contributed by atoms with Crippen LogP contribution in [0.1, 0.15) is 0 Å². The lowest BCUT2D eigenvalue weighted by Crippen LogP contribution is -2.34. The average Bonchev–Trinajstić information content (AvgIpc) is 1.62. The van der Waals surface area contributed by atoms with Crippen LogP contribution in [0.25, 0.3) is 51.5 Å². The van der Waals surface area contributed by atoms with E-state index in [1.165, 1.54) is 24.3 Å². The highest BCUT2D eigenvalue weighted by molar-refractivity contribution is 8.00. The van der Waals surface area contributed by atoms with E-state index in [1.807, 2.05) is 3.63 Å². The lowest BCUT2D eigenvalue weighted by molar-refractivity contribution is -0.0871. The predicted molar refractivity (Wildman–Crippen MR) is 257 cm³/mol. The molecule has 0 N–H and O–H groups in total. The molecule has 0 amide bonds. The Balaban J connectivity index is 0.000000288. The van der Waals surface area contributed by atoms with Gasteiger partial charge in [0.15, 0.2) is 51.0 Å². The van der Waals surface area contributed by atoms with Crippen molar-refractivity contribution in [3.05, 3.63) is 150 Å². The molecular formula is C43H19F27O12S7. The van der Waals surface area contributed by atoms with E-state index in [1.54, 1.807) is 0 Å². The molecule has 8 aromatic rings. The smallest absolute Gasteiger partial charge is 0.601 e. The van der Waals surface area contributed by atoms with E-state index in [4.69, 9.17) is 25.9 Å². The van der Waals surface area contributed by atoms with Crippen LogP contribution >= 0.6 is 20.9 Å². The number of fused-ring (bicyclic) bond motifs is 6. The van der Waals surface area contributed by atoms with Gasteiger partial charge in [0.05, 0.1) is 26.4 Å². The second kappa shape index (κ2) is 27.3. The summed E-state index contributed by atoms with van der Waals surface area (Å²) in [5.41, 5.74) is -38.1. The normalized spacial score (nSPS) is 13.6. The molecule has 0 spiro atoms. The Kier molecular flexibility index (Phi) is 23.6. The maximum atomic E-state index is 13.7. The largest absolute Gasteiger partial charge is 0.741 e. The van der Waals surface area contributed by atoms with Gasteiger partial charge in [0, 0.05) is 23.8 Å². The summed E-state index contributed by atoms with van der Waals surface area (Å²) < 4.78 is 435. The molecule has 0 fully saturated rings. The van der Waals surface area contributed by atoms with Crippen LogP contribution in [0, 0.1) is 34.9 Å². The SMILES string of the molecule is Fc1ccc2c(c1)c1cc(F)ccc1[s+]2C(F)(F)F.Fc1ccc2c(c1)c1cccc(F)c1[s+]2C(F)(F)F.O=S(=O)(OS(=O)(=O)C(F)(F)F)C(F)(F)F.O=S(=O)([O-])C(F)(F)F.O=S(=O)([O-])C(F)(F)F.O=S(c1ccc(F)cc1-c1cccc(F)c1)C(F)(F)F. The lowest BCUT2D eigenvalue weighted by Gasteiger charge is -2.12. The van der Waals surface area contributed by atoms with Gasteiger partial charge in [-0.05, 0) is 84.4 Å². The van der Waals surface area contributed by atoms with Gasteiger partial charge in [0.25, 0.3) is 0 Å². The molecule has 0 saturated heterocycles. The molecule has 494 valence electrons. The van der Waals surface area contributed by atoms with E-state index < -0.39 is 155 Å². The molecule has 8 rings (SSSR count). The molecule has 89 heavy (non-hydrogen) atoms. The Hall–Kier alpha value is -6.30. The van der Waals surface area contributed by atoms with Crippen molar-refractivity contribution in [2.24, 2.45) is 0 Å². The van der Waals surface area contributed by atoms with Crippen LogP contribution in [0.2, 0.25) is 0 Å². The Labute approximate surface area is 484 Å². The van der Waals surface area contributed by atoms with Crippen molar-refractivity contribution in [2.45, 2.75) is 43.5 Å². The van der Waals surface area contributed by atoms with E-state index in [9.17, 15) is 140 Å². The Bertz CT molecular complexity index is 4210. The summed E-state index contributed by atoms with van der Waals surface area (Å²) in [5, 5.41) is 0.482. The number of hydrogen-bond donors (Lipinski definition) is 0. The van der Waals surface area contributed by atoms with Gasteiger partial charge < -0.3 is 9.11 Å². The lowest BCUT2D eigenvalue weighted by atomic mass is 10.1. The number of halogens is 27. The van der Waals surface area contributed by atoms with Gasteiger partial charge >= 0.3 is 58.8 Å². The Morgan fingerprint density at radius 1 is 0.382 bits per heavy atom. The molecule has 0 bridgehead atoms. The zero-order chi connectivity index (χ0) is 69.2. The van der Waals surface area contributed by atoms with Crippen LogP contribution < -0.4 is 0 Å². The van der Waals surface area contributed by atoms with Crippen LogP contribution in [0.3, 0.4) is 0 Å². The van der Waals surface area contributed by atoms with Gasteiger partial charge in [-0.25, -0.2) is 47.4 Å². The van der Waals surface area contributed by atoms with Crippen molar-refractivity contribution in [3.63, 3.8) is 0 Å². The molecule has 0 aliphatic rings. The fourth-order valence-electron chi connectivity index (χ4n) is 6.18. The summed E-state index contributed by atoms with van der Waals surface area (Å²) in [5.74, 6) is -4.30. The fourth-order valence-corrected chi connectivity index (χ4v) is 12.4. The molecule has 2 heterocycles. The van der Waals surface area contributed by atoms with Gasteiger partial charge in [-0.2, -0.15) is 82.7 Å². The fraction of sp³-hybridized carbons (Fsp3) is 0.163. The second-order valence-corrected chi connectivity index (χ2v) is 26.9. The minimum atomic E-state index is -6.85. The number of benzene rings is 6. The van der Waals surface area contributed by atoms with Gasteiger partial charge in [-0.3, -0.25) is 0 Å². The molecule has 2 atom stereocenters. The average molecular weight is 1470 g/mol. The van der Waals surface area contributed by atoms with Crippen LogP contribution in [0.5, 0.6) is 0 Å². The molecule has 46 heteroatoms. The second-order valence-electron chi connectivity index (χ2n) is 15.6. The summed E-state index contributed by atoms with van der Waals surface area (Å²) in [6.07, 6.45) is 0. The van der Waals surface area contributed by atoms with Gasteiger partial charge in [0.1, 0.15) is 50.0 Å². The third-order valence-corrected chi connectivity index (χ3v) is 18.5. The van der Waals surface area contributed by atoms with E-state index in [2.05, 4.69) is 0 Å². The molecule has 0 aliphatic carbocycles. The van der Waals surface area contributed by atoms with Crippen LogP contribution in [0.4, 0.5) is 119 Å². The van der Waals surface area contributed by atoms with Gasteiger partial charge in [0.2, 0.25) is 4.70 Å². The summed E-state index contributed by atoms with van der Waals surface area (Å²) >= 11 is 0. The van der Waals surface area contributed by atoms with Crippen molar-refractivity contribution in [1.29, 1.82) is 0 Å². The molecule has 6 aromatic carbocycles. The first-order valence-electron chi connectivity index (χ1n) is 21.0. The molecule has 0 saturated carbocycles. The molecule has 2 aromatic heterocycles. The first kappa shape index (κ1) is 76.9. The summed E-state index contributed by atoms with van der Waals surface area (Å²) in [6, 6.07) is 20.1. The Morgan fingerprint density at radius 3 is 1.04 bits per heavy atom. The van der Waals surface area contributed by atoms with Gasteiger partial charge in [-0.15, -0.1) is 30.0 Å². The van der Waals surface area contributed by atoms with Crippen LogP contribution in [-0.2, 0) is 65.9 Å². The topological polar surface area (TPSA) is 209 Å². The third-order valence-electron chi connectivity index (χ3n) is 9.50. The van der Waals surface area contributed by atoms with Crippen LogP contribution in [0.15, 0.2) is 120 Å². The quantitative estimate of drug-likeness (QED) is 0.0697. The molecule has 0 aliphatic heterocycles. The predicted octanol–water partition coefficient (Wildman–Crippen LogP) is 16.1. The minimum Gasteiger partial charge on any atom is -0.741 e. The highest BCUT2D eigenvalue weighted by atomic mass is 32.3. The maximum absolute atomic E-state index is 13.7. The van der Waals surface area contributed by atoms with Crippen molar-refractivity contribution in [1.82, 2.24) is 0 Å². The molecule has 2 unspecified atom stereocenters. The van der Waals surface area contributed by atoms with E-state index in [0.29, 0.717) is 0 Å². The van der Waals surface area contributed by atoms with Crippen molar-refractivity contribution in [2.75, 3.05) is 0 Å². The first-order chi connectivity index (χ1) is 39.8. The molecule has 0 radical (unpaired) electrons. The molecular weight excluding hydrogens is 1450 g/mol. The van der Waals surface area contributed by atoms with E-state index in [-0.39, 0.29) is 46.8 Å². The summed E-state index contributed by atoms with van der Waals surface area (Å²) in [4.78, 5) is -0.607. The highest BCUT2D eigenvalue weighted by Gasteiger charge is 2.57. The zero-order valence-corrected chi connectivity index (χ0v) is 46.6. The standard InChI is InChI=1S/C13H7F5OS.2C13H6F5S.C2F6O5S2.2CHF3O3S/c14-9-3-1-2-8(6-9)11-7-10(15)4-5-12(11)20(19)13(16,17)18;14-7-1-3-11-9(5-7)10-6-8(15)2-4-12(10)19(11)13(16,17)18;14-7-4-5-11-9(6-7)8-2-1-3-10(15)12(8)19(11)13(16,17)18;3-1(4,5)14(9,10)13-15(11,12)2(6,7)8;2*2-1(3,4)8(5,6)7/h1-7H;2*1-6H;;2*(H,5,6,7)/q;2*+1;;;/p-2. The summed E-state index contributed by atoms with van der Waals surface area (Å²) in [6.45, 7) is 0. The third kappa shape index (κ3) is 19.8. The van der Waals surface area contributed by atoms with Crippen LogP contribution in [-0.4, -0.2) is 74.5 Å². The Morgan fingerprint density at radius 2 is 0.708 bits per heavy atom. The van der Waals surface area contributed by atoms with Crippen molar-refractivity contribution in [3.8, 4) is 11.1 Å². The van der Waals surface area contributed by atoms with Crippen molar-refractivity contribution >= 4 is 113 Å². The monoisotopic (exact) mass is 1460 g/mol. The molecule has 12 nitrogen and oxygen atoms in total.